The Balaban J connectivity index is 0.00000144. The molecule has 1 saturated heterocycles. The van der Waals surface area contributed by atoms with Gasteiger partial charge in [-0.15, -0.1) is 12.4 Å². The predicted octanol–water partition coefficient (Wildman–Crippen LogP) is 1.14. The van der Waals surface area contributed by atoms with Crippen molar-refractivity contribution in [2.75, 3.05) is 19.6 Å². The molecule has 92 valence electrons. The highest BCUT2D eigenvalue weighted by molar-refractivity contribution is 5.95. The SMILES string of the molecule is Cl.N#CC1=CC(=O)CC(N)=C1CN1CCCC1. The minimum absolute atomic E-state index is 0. The van der Waals surface area contributed by atoms with Crippen LogP contribution < -0.4 is 5.73 Å². The second-order valence-electron chi connectivity index (χ2n) is 4.30. The number of rotatable bonds is 2. The van der Waals surface area contributed by atoms with Crippen molar-refractivity contribution in [3.05, 3.63) is 22.9 Å². The van der Waals surface area contributed by atoms with Crippen LogP contribution in [0.25, 0.3) is 0 Å². The van der Waals surface area contributed by atoms with Gasteiger partial charge in [-0.2, -0.15) is 5.26 Å². The van der Waals surface area contributed by atoms with Gasteiger partial charge in [-0.1, -0.05) is 0 Å². The van der Waals surface area contributed by atoms with Gasteiger partial charge >= 0.3 is 0 Å². The van der Waals surface area contributed by atoms with Crippen LogP contribution in [-0.4, -0.2) is 30.3 Å². The number of halogens is 1. The number of nitrogens with two attached hydrogens (primary N) is 1. The summed E-state index contributed by atoms with van der Waals surface area (Å²) in [6.07, 6.45) is 4.09. The number of likely N-dealkylation sites (tertiary alicyclic amines) is 1. The lowest BCUT2D eigenvalue weighted by molar-refractivity contribution is -0.114. The Hall–Kier alpha value is -1.31. The number of allylic oxidation sites excluding steroid dienone is 2. The molecule has 0 spiro atoms. The number of hydrogen-bond donors (Lipinski definition) is 1. The molecule has 5 heteroatoms. The van der Waals surface area contributed by atoms with Crippen LogP contribution in [0.1, 0.15) is 19.3 Å². The van der Waals surface area contributed by atoms with Gasteiger partial charge in [0, 0.05) is 17.8 Å². The Bertz CT molecular complexity index is 414. The van der Waals surface area contributed by atoms with Crippen LogP contribution in [0.2, 0.25) is 0 Å². The quantitative estimate of drug-likeness (QED) is 0.801. The fraction of sp³-hybridized carbons (Fsp3) is 0.500. The minimum atomic E-state index is -0.0702. The van der Waals surface area contributed by atoms with Gasteiger partial charge in [-0.05, 0) is 32.0 Å². The maximum Gasteiger partial charge on any atom is 0.162 e. The second kappa shape index (κ2) is 5.85. The van der Waals surface area contributed by atoms with Crippen LogP contribution in [-0.2, 0) is 4.79 Å². The maximum absolute atomic E-state index is 11.3. The van der Waals surface area contributed by atoms with Crippen LogP contribution >= 0.6 is 12.4 Å². The first-order valence-electron chi connectivity index (χ1n) is 5.55. The van der Waals surface area contributed by atoms with E-state index in [1.807, 2.05) is 0 Å². The number of nitrogens with zero attached hydrogens (tertiary/aromatic N) is 2. The van der Waals surface area contributed by atoms with Gasteiger partial charge in [0.2, 0.25) is 0 Å². The van der Waals surface area contributed by atoms with Gasteiger partial charge in [-0.25, -0.2) is 0 Å². The largest absolute Gasteiger partial charge is 0.401 e. The zero-order valence-electron chi connectivity index (χ0n) is 9.61. The molecule has 0 saturated carbocycles. The summed E-state index contributed by atoms with van der Waals surface area (Å²) in [6.45, 7) is 2.82. The summed E-state index contributed by atoms with van der Waals surface area (Å²) in [7, 11) is 0. The summed E-state index contributed by atoms with van der Waals surface area (Å²) in [5, 5.41) is 8.99. The Morgan fingerprint density at radius 3 is 2.65 bits per heavy atom. The van der Waals surface area contributed by atoms with Crippen LogP contribution in [0, 0.1) is 11.3 Å². The Morgan fingerprint density at radius 1 is 1.41 bits per heavy atom. The van der Waals surface area contributed by atoms with Crippen molar-refractivity contribution in [3.63, 3.8) is 0 Å². The summed E-state index contributed by atoms with van der Waals surface area (Å²) in [6, 6.07) is 2.06. The molecular formula is C12H16ClN3O. The molecule has 2 N–H and O–H groups in total. The van der Waals surface area contributed by atoms with E-state index < -0.39 is 0 Å². The van der Waals surface area contributed by atoms with Crippen molar-refractivity contribution in [3.8, 4) is 6.07 Å². The van der Waals surface area contributed by atoms with E-state index in [2.05, 4.69) is 11.0 Å². The van der Waals surface area contributed by atoms with Crippen LogP contribution in [0.3, 0.4) is 0 Å². The van der Waals surface area contributed by atoms with Crippen molar-refractivity contribution in [2.24, 2.45) is 5.73 Å². The molecule has 4 nitrogen and oxygen atoms in total. The topological polar surface area (TPSA) is 70.1 Å². The molecule has 0 aromatic heterocycles. The van der Waals surface area contributed by atoms with Crippen LogP contribution in [0.4, 0.5) is 0 Å². The molecule has 0 aromatic rings. The standard InChI is InChI=1S/C12H15N3O.ClH/c13-7-9-5-10(16)6-12(14)11(9)8-15-3-1-2-4-15;/h5H,1-4,6,8,14H2;1H. The maximum atomic E-state index is 11.3. The summed E-state index contributed by atoms with van der Waals surface area (Å²) < 4.78 is 0. The highest BCUT2D eigenvalue weighted by Crippen LogP contribution is 2.22. The molecule has 17 heavy (non-hydrogen) atoms. The molecule has 0 bridgehead atoms. The number of carbonyl (C=O) groups excluding carboxylic acids is 1. The van der Waals surface area contributed by atoms with Crippen LogP contribution in [0.5, 0.6) is 0 Å². The number of ketones is 1. The second-order valence-corrected chi connectivity index (χ2v) is 4.30. The Kier molecular flexibility index (Phi) is 4.73. The Morgan fingerprint density at radius 2 is 2.06 bits per heavy atom. The highest BCUT2D eigenvalue weighted by Gasteiger charge is 2.22. The third-order valence-electron chi connectivity index (χ3n) is 3.08. The minimum Gasteiger partial charge on any atom is -0.401 e. The molecule has 1 aliphatic heterocycles. The van der Waals surface area contributed by atoms with Gasteiger partial charge in [0.05, 0.1) is 18.1 Å². The van der Waals surface area contributed by atoms with Crippen molar-refractivity contribution >= 4 is 18.2 Å². The molecule has 2 rings (SSSR count). The molecule has 0 unspecified atom stereocenters. The molecule has 1 fully saturated rings. The van der Waals surface area contributed by atoms with E-state index in [1.54, 1.807) is 0 Å². The van der Waals surface area contributed by atoms with E-state index in [0.717, 1.165) is 18.7 Å². The lowest BCUT2D eigenvalue weighted by Gasteiger charge is -2.20. The van der Waals surface area contributed by atoms with Crippen molar-refractivity contribution in [1.29, 1.82) is 5.26 Å². The molecule has 0 atom stereocenters. The highest BCUT2D eigenvalue weighted by atomic mass is 35.5. The lowest BCUT2D eigenvalue weighted by atomic mass is 9.95. The molecule has 2 aliphatic rings. The van der Waals surface area contributed by atoms with E-state index in [1.165, 1.54) is 18.9 Å². The zero-order chi connectivity index (χ0) is 11.5. The van der Waals surface area contributed by atoms with E-state index in [0.29, 0.717) is 17.8 Å². The molecule has 1 heterocycles. The first-order valence-corrected chi connectivity index (χ1v) is 5.55. The van der Waals surface area contributed by atoms with Gasteiger partial charge in [0.1, 0.15) is 0 Å². The molecule has 0 amide bonds. The lowest BCUT2D eigenvalue weighted by Crippen LogP contribution is -2.26. The average molecular weight is 254 g/mol. The van der Waals surface area contributed by atoms with Crippen LogP contribution in [0.15, 0.2) is 22.9 Å². The molecule has 1 aliphatic carbocycles. The number of carbonyl (C=O) groups is 1. The average Bonchev–Trinajstić information content (AvgIpc) is 2.74. The first-order chi connectivity index (χ1) is 7.70. The van der Waals surface area contributed by atoms with E-state index in [-0.39, 0.29) is 24.6 Å². The monoisotopic (exact) mass is 253 g/mol. The normalized spacial score (nSPS) is 20.9. The predicted molar refractivity (Wildman–Crippen MR) is 67.5 cm³/mol. The number of hydrogen-bond acceptors (Lipinski definition) is 4. The van der Waals surface area contributed by atoms with Crippen molar-refractivity contribution in [1.82, 2.24) is 4.90 Å². The van der Waals surface area contributed by atoms with Gasteiger partial charge in [0.15, 0.2) is 5.78 Å². The van der Waals surface area contributed by atoms with E-state index >= 15 is 0 Å². The van der Waals surface area contributed by atoms with Gasteiger partial charge in [0.25, 0.3) is 0 Å². The smallest absolute Gasteiger partial charge is 0.162 e. The molecule has 0 radical (unpaired) electrons. The summed E-state index contributed by atoms with van der Waals surface area (Å²) in [4.78, 5) is 13.6. The summed E-state index contributed by atoms with van der Waals surface area (Å²) in [5.41, 5.74) is 7.72. The molecular weight excluding hydrogens is 238 g/mol. The summed E-state index contributed by atoms with van der Waals surface area (Å²) >= 11 is 0. The van der Waals surface area contributed by atoms with Gasteiger partial charge in [-0.3, -0.25) is 9.69 Å². The zero-order valence-corrected chi connectivity index (χ0v) is 10.4. The van der Waals surface area contributed by atoms with E-state index in [9.17, 15) is 4.79 Å². The summed E-state index contributed by atoms with van der Waals surface area (Å²) in [5.74, 6) is -0.0702. The van der Waals surface area contributed by atoms with E-state index in [4.69, 9.17) is 11.0 Å². The fourth-order valence-electron chi connectivity index (χ4n) is 2.22. The number of nitriles is 1. The molecule has 0 aromatic carbocycles. The Labute approximate surface area is 107 Å². The van der Waals surface area contributed by atoms with Crippen molar-refractivity contribution < 1.29 is 4.79 Å². The van der Waals surface area contributed by atoms with Gasteiger partial charge < -0.3 is 5.73 Å². The first kappa shape index (κ1) is 13.8. The third kappa shape index (κ3) is 3.09. The fourth-order valence-corrected chi connectivity index (χ4v) is 2.22. The van der Waals surface area contributed by atoms with Crippen molar-refractivity contribution in [2.45, 2.75) is 19.3 Å². The third-order valence-corrected chi connectivity index (χ3v) is 3.08.